The quantitative estimate of drug-likeness (QED) is 0.129. The average molecular weight is 701 g/mol. The standard InChI is InChI=1S/C49H36OSSi/c1-52(2,3)43-26-14-25-42-47(43)46(49(51-42)40-23-13-22-39-34-17-11-12-24-41(34)50-48(39)40)33-29-27-32(28-30-33)45-37-20-9-7-18-35(37)44(31-15-5-4-6-16-31)36-19-8-10-21-38(36)45/h4-30H,1-3H3. The zero-order valence-corrected chi connectivity index (χ0v) is 31.2. The Bertz CT molecular complexity index is 2920. The second-order valence-corrected chi connectivity index (χ2v) is 20.9. The van der Waals surface area contributed by atoms with Crippen LogP contribution in [0.1, 0.15) is 0 Å². The third kappa shape index (κ3) is 4.81. The fourth-order valence-electron chi connectivity index (χ4n) is 8.32. The van der Waals surface area contributed by atoms with E-state index >= 15 is 0 Å². The third-order valence-electron chi connectivity index (χ3n) is 10.6. The van der Waals surface area contributed by atoms with Crippen LogP contribution in [0.3, 0.4) is 0 Å². The van der Waals surface area contributed by atoms with Crippen LogP contribution >= 0.6 is 11.3 Å². The van der Waals surface area contributed by atoms with Crippen molar-refractivity contribution in [1.29, 1.82) is 0 Å². The molecule has 10 aromatic rings. The summed E-state index contributed by atoms with van der Waals surface area (Å²) in [6, 6.07) is 60.0. The second kappa shape index (κ2) is 11.9. The summed E-state index contributed by atoms with van der Waals surface area (Å²) in [5.74, 6) is 0. The Morgan fingerprint density at radius 1 is 0.423 bits per heavy atom. The third-order valence-corrected chi connectivity index (χ3v) is 13.8. The fraction of sp³-hybridized carbons (Fsp3) is 0.0612. The van der Waals surface area contributed by atoms with Crippen molar-refractivity contribution < 1.29 is 4.42 Å². The number of hydrogen-bond acceptors (Lipinski definition) is 2. The van der Waals surface area contributed by atoms with Gasteiger partial charge in [-0.3, -0.25) is 0 Å². The predicted octanol–water partition coefficient (Wildman–Crippen LogP) is 14.3. The van der Waals surface area contributed by atoms with Crippen LogP contribution < -0.4 is 5.19 Å². The molecule has 52 heavy (non-hydrogen) atoms. The molecule has 0 amide bonds. The first-order chi connectivity index (χ1) is 25.5. The molecule has 0 fully saturated rings. The lowest BCUT2D eigenvalue weighted by atomic mass is 9.85. The van der Waals surface area contributed by atoms with Gasteiger partial charge < -0.3 is 4.42 Å². The van der Waals surface area contributed by atoms with E-state index < -0.39 is 8.07 Å². The van der Waals surface area contributed by atoms with Gasteiger partial charge in [0.2, 0.25) is 0 Å². The molecule has 0 saturated carbocycles. The van der Waals surface area contributed by atoms with Crippen molar-refractivity contribution in [3.05, 3.63) is 164 Å². The van der Waals surface area contributed by atoms with Gasteiger partial charge in [0.05, 0.1) is 8.07 Å². The van der Waals surface area contributed by atoms with E-state index in [1.807, 2.05) is 11.3 Å². The number of para-hydroxylation sites is 2. The molecule has 0 aliphatic heterocycles. The Hall–Kier alpha value is -5.74. The van der Waals surface area contributed by atoms with Gasteiger partial charge in [-0.2, -0.15) is 0 Å². The molecule has 0 N–H and O–H groups in total. The molecule has 2 heterocycles. The molecule has 248 valence electrons. The molecular formula is C49H36OSSi. The first-order valence-electron chi connectivity index (χ1n) is 18.0. The molecule has 0 radical (unpaired) electrons. The Kier molecular flexibility index (Phi) is 7.11. The summed E-state index contributed by atoms with van der Waals surface area (Å²) in [7, 11) is -1.70. The van der Waals surface area contributed by atoms with E-state index in [4.69, 9.17) is 4.42 Å². The minimum atomic E-state index is -1.70. The molecule has 8 aromatic carbocycles. The predicted molar refractivity (Wildman–Crippen MR) is 229 cm³/mol. The zero-order chi connectivity index (χ0) is 35.0. The summed E-state index contributed by atoms with van der Waals surface area (Å²) >= 11 is 1.89. The Balaban J connectivity index is 1.22. The molecule has 1 nitrogen and oxygen atoms in total. The number of hydrogen-bond donors (Lipinski definition) is 0. The summed E-state index contributed by atoms with van der Waals surface area (Å²) in [6.45, 7) is 7.38. The van der Waals surface area contributed by atoms with Gasteiger partial charge in [-0.15, -0.1) is 11.3 Å². The van der Waals surface area contributed by atoms with Gasteiger partial charge in [0, 0.05) is 36.9 Å². The SMILES string of the molecule is C[Si](C)(C)c1cccc2sc(-c3cccc4c3oc3ccccc34)c(-c3ccc(-c4c5ccccc5c(-c5ccccc5)c5ccccc45)cc3)c12. The normalized spacial score (nSPS) is 12.1. The van der Waals surface area contributed by atoms with E-state index in [9.17, 15) is 0 Å². The Morgan fingerprint density at radius 2 is 0.923 bits per heavy atom. The molecule has 3 heteroatoms. The highest BCUT2D eigenvalue weighted by Crippen LogP contribution is 2.49. The molecule has 0 saturated heterocycles. The molecular weight excluding hydrogens is 665 g/mol. The van der Waals surface area contributed by atoms with Gasteiger partial charge >= 0.3 is 0 Å². The van der Waals surface area contributed by atoms with Crippen molar-refractivity contribution in [3.8, 4) is 43.8 Å². The van der Waals surface area contributed by atoms with Crippen molar-refractivity contribution in [1.82, 2.24) is 0 Å². The highest BCUT2D eigenvalue weighted by molar-refractivity contribution is 7.23. The molecule has 0 atom stereocenters. The van der Waals surface area contributed by atoms with Crippen LogP contribution in [0.4, 0.5) is 0 Å². The van der Waals surface area contributed by atoms with Crippen LogP contribution in [0, 0.1) is 0 Å². The van der Waals surface area contributed by atoms with E-state index in [2.05, 4.69) is 183 Å². The summed E-state index contributed by atoms with van der Waals surface area (Å²) in [6.07, 6.45) is 0. The van der Waals surface area contributed by atoms with Crippen molar-refractivity contribution in [2.75, 3.05) is 0 Å². The van der Waals surface area contributed by atoms with E-state index in [0.29, 0.717) is 0 Å². The summed E-state index contributed by atoms with van der Waals surface area (Å²) in [5.41, 5.74) is 10.6. The number of thiophene rings is 1. The van der Waals surface area contributed by atoms with Crippen LogP contribution in [-0.4, -0.2) is 8.07 Å². The minimum absolute atomic E-state index is 0.928. The molecule has 2 aromatic heterocycles. The number of rotatable bonds is 5. The van der Waals surface area contributed by atoms with Crippen LogP contribution in [0.2, 0.25) is 19.6 Å². The van der Waals surface area contributed by atoms with Crippen molar-refractivity contribution in [2.24, 2.45) is 0 Å². The first-order valence-corrected chi connectivity index (χ1v) is 22.3. The lowest BCUT2D eigenvalue weighted by Gasteiger charge is -2.20. The van der Waals surface area contributed by atoms with E-state index in [1.165, 1.54) is 75.1 Å². The van der Waals surface area contributed by atoms with Crippen LogP contribution in [0.25, 0.3) is 97.4 Å². The lowest BCUT2D eigenvalue weighted by molar-refractivity contribution is 0.670. The van der Waals surface area contributed by atoms with Gasteiger partial charge in [-0.05, 0) is 67.6 Å². The fourth-order valence-corrected chi connectivity index (χ4v) is 11.3. The highest BCUT2D eigenvalue weighted by Gasteiger charge is 2.27. The number of furan rings is 1. The first kappa shape index (κ1) is 31.0. The monoisotopic (exact) mass is 700 g/mol. The largest absolute Gasteiger partial charge is 0.455 e. The number of fused-ring (bicyclic) bond motifs is 6. The zero-order valence-electron chi connectivity index (χ0n) is 29.4. The van der Waals surface area contributed by atoms with Gasteiger partial charge in [0.1, 0.15) is 11.2 Å². The maximum Gasteiger partial charge on any atom is 0.144 e. The topological polar surface area (TPSA) is 13.1 Å². The molecule has 0 unspecified atom stereocenters. The molecule has 0 bridgehead atoms. The van der Waals surface area contributed by atoms with E-state index in [-0.39, 0.29) is 0 Å². The van der Waals surface area contributed by atoms with Gasteiger partial charge in [0.25, 0.3) is 0 Å². The summed E-state index contributed by atoms with van der Waals surface area (Å²) < 4.78 is 7.97. The molecule has 10 rings (SSSR count). The number of benzene rings is 8. The smallest absolute Gasteiger partial charge is 0.144 e. The summed E-state index contributed by atoms with van der Waals surface area (Å²) in [4.78, 5) is 1.27. The maximum absolute atomic E-state index is 6.64. The van der Waals surface area contributed by atoms with Crippen molar-refractivity contribution in [2.45, 2.75) is 19.6 Å². The maximum atomic E-state index is 6.64. The lowest BCUT2D eigenvalue weighted by Crippen LogP contribution is -2.37. The minimum Gasteiger partial charge on any atom is -0.455 e. The van der Waals surface area contributed by atoms with E-state index in [1.54, 1.807) is 0 Å². The molecule has 0 spiro atoms. The van der Waals surface area contributed by atoms with Gasteiger partial charge in [0.15, 0.2) is 0 Å². The highest BCUT2D eigenvalue weighted by atomic mass is 32.1. The van der Waals surface area contributed by atoms with Gasteiger partial charge in [-0.25, -0.2) is 0 Å². The average Bonchev–Trinajstić information content (AvgIpc) is 3.76. The molecule has 0 aliphatic rings. The van der Waals surface area contributed by atoms with Crippen LogP contribution in [0.5, 0.6) is 0 Å². The summed E-state index contributed by atoms with van der Waals surface area (Å²) in [5, 5.41) is 10.3. The van der Waals surface area contributed by atoms with Crippen molar-refractivity contribution >= 4 is 78.2 Å². The van der Waals surface area contributed by atoms with Gasteiger partial charge in [-0.1, -0.05) is 170 Å². The van der Waals surface area contributed by atoms with Crippen LogP contribution in [0.15, 0.2) is 168 Å². The van der Waals surface area contributed by atoms with Crippen LogP contribution in [-0.2, 0) is 0 Å². The van der Waals surface area contributed by atoms with Crippen molar-refractivity contribution in [3.63, 3.8) is 0 Å². The second-order valence-electron chi connectivity index (χ2n) is 14.8. The molecule has 0 aliphatic carbocycles. The Morgan fingerprint density at radius 3 is 1.54 bits per heavy atom. The van der Waals surface area contributed by atoms with E-state index in [0.717, 1.165) is 27.5 Å². The Labute approximate surface area is 308 Å².